The number of nitrogens with one attached hydrogen (secondary N) is 1. The summed E-state index contributed by atoms with van der Waals surface area (Å²) in [7, 11) is 0. The standard InChI is InChI=1S/C10H9ClN4OS/c11-7-2-1-6(4-13-7)5-17-10-14-8(12)3-9(16)15-10/h1-4H,5H2,(H3,12,14,15,16). The van der Waals surface area contributed by atoms with Crippen LogP contribution in [0.4, 0.5) is 5.82 Å². The Morgan fingerprint density at radius 1 is 1.47 bits per heavy atom. The number of hydrogen-bond acceptors (Lipinski definition) is 5. The third kappa shape index (κ3) is 3.47. The van der Waals surface area contributed by atoms with Crippen molar-refractivity contribution in [3.63, 3.8) is 0 Å². The monoisotopic (exact) mass is 268 g/mol. The van der Waals surface area contributed by atoms with Crippen molar-refractivity contribution < 1.29 is 0 Å². The topological polar surface area (TPSA) is 84.7 Å². The molecule has 0 amide bonds. The normalized spacial score (nSPS) is 10.4. The van der Waals surface area contributed by atoms with Gasteiger partial charge in [-0.05, 0) is 11.6 Å². The minimum Gasteiger partial charge on any atom is -0.383 e. The summed E-state index contributed by atoms with van der Waals surface area (Å²) in [6.45, 7) is 0. The van der Waals surface area contributed by atoms with E-state index in [1.54, 1.807) is 12.3 Å². The number of halogens is 1. The summed E-state index contributed by atoms with van der Waals surface area (Å²) in [6, 6.07) is 4.83. The van der Waals surface area contributed by atoms with E-state index in [0.717, 1.165) is 5.56 Å². The Kier molecular flexibility index (Phi) is 3.65. The molecule has 7 heteroatoms. The highest BCUT2D eigenvalue weighted by molar-refractivity contribution is 7.98. The van der Waals surface area contributed by atoms with Crippen molar-refractivity contribution >= 4 is 29.2 Å². The first-order valence-corrected chi connectivity index (χ1v) is 6.10. The van der Waals surface area contributed by atoms with Crippen LogP contribution in [0.5, 0.6) is 0 Å². The highest BCUT2D eigenvalue weighted by atomic mass is 35.5. The van der Waals surface area contributed by atoms with Crippen molar-refractivity contribution in [1.29, 1.82) is 0 Å². The Morgan fingerprint density at radius 2 is 2.29 bits per heavy atom. The average Bonchev–Trinajstić information content (AvgIpc) is 2.27. The van der Waals surface area contributed by atoms with Gasteiger partial charge in [0.25, 0.3) is 5.56 Å². The van der Waals surface area contributed by atoms with E-state index in [4.69, 9.17) is 17.3 Å². The summed E-state index contributed by atoms with van der Waals surface area (Å²) in [5.74, 6) is 0.849. The first kappa shape index (κ1) is 11.9. The molecule has 0 spiro atoms. The minimum atomic E-state index is -0.255. The molecule has 0 atom stereocenters. The summed E-state index contributed by atoms with van der Waals surface area (Å²) in [5.41, 5.74) is 6.21. The van der Waals surface area contributed by atoms with Crippen molar-refractivity contribution in [3.8, 4) is 0 Å². The molecule has 2 aromatic heterocycles. The number of aromatic nitrogens is 3. The summed E-state index contributed by atoms with van der Waals surface area (Å²) in [4.78, 5) is 21.7. The summed E-state index contributed by atoms with van der Waals surface area (Å²) < 4.78 is 0. The number of anilines is 1. The van der Waals surface area contributed by atoms with Crippen molar-refractivity contribution in [3.05, 3.63) is 45.5 Å². The molecule has 2 rings (SSSR count). The van der Waals surface area contributed by atoms with Gasteiger partial charge in [-0.1, -0.05) is 29.4 Å². The van der Waals surface area contributed by atoms with Gasteiger partial charge >= 0.3 is 0 Å². The second-order valence-corrected chi connectivity index (χ2v) is 4.60. The zero-order valence-corrected chi connectivity index (χ0v) is 10.3. The van der Waals surface area contributed by atoms with Crippen LogP contribution in [0.2, 0.25) is 5.15 Å². The highest BCUT2D eigenvalue weighted by Crippen LogP contribution is 2.18. The van der Waals surface area contributed by atoms with Gasteiger partial charge in [-0.15, -0.1) is 0 Å². The molecule has 2 heterocycles. The Labute approximate surface area is 106 Å². The Balaban J connectivity index is 2.07. The van der Waals surface area contributed by atoms with Crippen molar-refractivity contribution in [2.75, 3.05) is 5.73 Å². The molecule has 0 saturated carbocycles. The van der Waals surface area contributed by atoms with E-state index in [9.17, 15) is 4.79 Å². The van der Waals surface area contributed by atoms with Crippen LogP contribution in [0, 0.1) is 0 Å². The largest absolute Gasteiger partial charge is 0.383 e. The van der Waals surface area contributed by atoms with Gasteiger partial charge in [0.1, 0.15) is 11.0 Å². The lowest BCUT2D eigenvalue weighted by Crippen LogP contribution is -2.09. The molecule has 0 aliphatic rings. The van der Waals surface area contributed by atoms with Crippen molar-refractivity contribution in [1.82, 2.24) is 15.0 Å². The van der Waals surface area contributed by atoms with Gasteiger partial charge in [-0.2, -0.15) is 0 Å². The first-order valence-electron chi connectivity index (χ1n) is 4.73. The number of pyridine rings is 1. The number of aromatic amines is 1. The summed E-state index contributed by atoms with van der Waals surface area (Å²) in [5, 5.41) is 0.944. The van der Waals surface area contributed by atoms with E-state index < -0.39 is 0 Å². The van der Waals surface area contributed by atoms with Crippen LogP contribution in [0.25, 0.3) is 0 Å². The number of nitrogen functional groups attached to an aromatic ring is 1. The second kappa shape index (κ2) is 5.20. The quantitative estimate of drug-likeness (QED) is 0.503. The molecule has 0 bridgehead atoms. The second-order valence-electron chi connectivity index (χ2n) is 3.25. The fourth-order valence-corrected chi connectivity index (χ4v) is 2.09. The molecule has 5 nitrogen and oxygen atoms in total. The molecule has 3 N–H and O–H groups in total. The number of nitrogens with zero attached hydrogens (tertiary/aromatic N) is 2. The molecular weight excluding hydrogens is 260 g/mol. The predicted molar refractivity (Wildman–Crippen MR) is 68.1 cm³/mol. The zero-order valence-electron chi connectivity index (χ0n) is 8.68. The van der Waals surface area contributed by atoms with E-state index >= 15 is 0 Å². The van der Waals surface area contributed by atoms with Crippen LogP contribution < -0.4 is 11.3 Å². The lowest BCUT2D eigenvalue weighted by atomic mass is 10.3. The summed E-state index contributed by atoms with van der Waals surface area (Å²) in [6.07, 6.45) is 1.68. The van der Waals surface area contributed by atoms with Crippen molar-refractivity contribution in [2.45, 2.75) is 10.9 Å². The van der Waals surface area contributed by atoms with E-state index in [0.29, 0.717) is 16.1 Å². The van der Waals surface area contributed by atoms with Crippen LogP contribution in [-0.2, 0) is 5.75 Å². The first-order chi connectivity index (χ1) is 8.13. The van der Waals surface area contributed by atoms with Crippen molar-refractivity contribution in [2.24, 2.45) is 0 Å². The van der Waals surface area contributed by atoms with E-state index in [2.05, 4.69) is 15.0 Å². The number of hydrogen-bond donors (Lipinski definition) is 2. The fourth-order valence-electron chi connectivity index (χ4n) is 1.17. The Bertz CT molecular complexity index is 569. The SMILES string of the molecule is Nc1cc(=O)[nH]c(SCc2ccc(Cl)nc2)n1. The van der Waals surface area contributed by atoms with Crippen LogP contribution in [-0.4, -0.2) is 15.0 Å². The van der Waals surface area contributed by atoms with E-state index in [1.807, 2.05) is 6.07 Å². The average molecular weight is 269 g/mol. The molecule has 0 unspecified atom stereocenters. The number of thioether (sulfide) groups is 1. The molecule has 2 aromatic rings. The maximum atomic E-state index is 11.1. The minimum absolute atomic E-state index is 0.213. The highest BCUT2D eigenvalue weighted by Gasteiger charge is 2.01. The smallest absolute Gasteiger partial charge is 0.253 e. The molecule has 0 aromatic carbocycles. The molecule has 17 heavy (non-hydrogen) atoms. The lowest BCUT2D eigenvalue weighted by Gasteiger charge is -2.01. The lowest BCUT2D eigenvalue weighted by molar-refractivity contribution is 0.944. The third-order valence-corrected chi connectivity index (χ3v) is 3.07. The molecule has 0 aliphatic heterocycles. The maximum absolute atomic E-state index is 11.1. The van der Waals surface area contributed by atoms with Gasteiger partial charge in [0, 0.05) is 18.0 Å². The molecule has 0 saturated heterocycles. The van der Waals surface area contributed by atoms with Crippen LogP contribution >= 0.6 is 23.4 Å². The molecule has 0 radical (unpaired) electrons. The Morgan fingerprint density at radius 3 is 2.94 bits per heavy atom. The fraction of sp³-hybridized carbons (Fsp3) is 0.100. The van der Waals surface area contributed by atoms with Gasteiger partial charge < -0.3 is 10.7 Å². The molecule has 0 fully saturated rings. The van der Waals surface area contributed by atoms with Gasteiger partial charge in [0.05, 0.1) is 0 Å². The number of nitrogens with two attached hydrogens (primary N) is 1. The molecule has 0 aliphatic carbocycles. The number of H-pyrrole nitrogens is 1. The Hall–Kier alpha value is -1.53. The zero-order chi connectivity index (χ0) is 12.3. The summed E-state index contributed by atoms with van der Waals surface area (Å²) >= 11 is 7.05. The van der Waals surface area contributed by atoms with Gasteiger partial charge in [-0.25, -0.2) is 9.97 Å². The third-order valence-electron chi connectivity index (χ3n) is 1.90. The van der Waals surface area contributed by atoms with E-state index in [1.165, 1.54) is 17.8 Å². The predicted octanol–water partition coefficient (Wildman–Crippen LogP) is 1.69. The molecule has 88 valence electrons. The number of rotatable bonds is 3. The van der Waals surface area contributed by atoms with Crippen LogP contribution in [0.3, 0.4) is 0 Å². The maximum Gasteiger partial charge on any atom is 0.253 e. The van der Waals surface area contributed by atoms with Crippen LogP contribution in [0.15, 0.2) is 34.3 Å². The molecular formula is C10H9ClN4OS. The van der Waals surface area contributed by atoms with Gasteiger partial charge in [0.2, 0.25) is 0 Å². The van der Waals surface area contributed by atoms with Crippen LogP contribution in [0.1, 0.15) is 5.56 Å². The van der Waals surface area contributed by atoms with Gasteiger partial charge in [0.15, 0.2) is 5.16 Å². The van der Waals surface area contributed by atoms with Gasteiger partial charge in [-0.3, -0.25) is 4.79 Å². The van der Waals surface area contributed by atoms with E-state index in [-0.39, 0.29) is 11.4 Å².